The zero-order chi connectivity index (χ0) is 10.7. The molecule has 76 valence electrons. The van der Waals surface area contributed by atoms with Gasteiger partial charge in [-0.2, -0.15) is 0 Å². The second kappa shape index (κ2) is 4.53. The largest absolute Gasteiger partial charge is 0.351 e. The van der Waals surface area contributed by atoms with Gasteiger partial charge in [0, 0.05) is 6.54 Å². The summed E-state index contributed by atoms with van der Waals surface area (Å²) in [6, 6.07) is 4.52. The third-order valence-electron chi connectivity index (χ3n) is 1.80. The predicted molar refractivity (Wildman–Crippen MR) is 59.1 cm³/mol. The van der Waals surface area contributed by atoms with Gasteiger partial charge < -0.3 is 5.73 Å². The summed E-state index contributed by atoms with van der Waals surface area (Å²) in [7, 11) is 0. The van der Waals surface area contributed by atoms with Crippen molar-refractivity contribution in [1.82, 2.24) is 0 Å². The van der Waals surface area contributed by atoms with E-state index in [1.54, 1.807) is 18.2 Å². The number of urea groups is 1. The molecule has 2 N–H and O–H groups in total. The average Bonchev–Trinajstić information content (AvgIpc) is 2.13. The lowest BCUT2D eigenvalue weighted by atomic mass is 10.3. The quantitative estimate of drug-likeness (QED) is 0.838. The first-order chi connectivity index (χ1) is 6.57. The van der Waals surface area contributed by atoms with Gasteiger partial charge in [0.2, 0.25) is 0 Å². The first kappa shape index (κ1) is 11.1. The fourth-order valence-electron chi connectivity index (χ4n) is 1.15. The number of nitrogens with two attached hydrogens (primary N) is 1. The van der Waals surface area contributed by atoms with Gasteiger partial charge >= 0.3 is 6.03 Å². The maximum Gasteiger partial charge on any atom is 0.319 e. The Kier molecular flexibility index (Phi) is 3.61. The molecule has 0 spiro atoms. The molecule has 0 aliphatic carbocycles. The fourth-order valence-corrected chi connectivity index (χ4v) is 1.54. The van der Waals surface area contributed by atoms with Gasteiger partial charge in [0.05, 0.1) is 15.7 Å². The molecule has 0 aromatic heterocycles. The Morgan fingerprint density at radius 1 is 1.50 bits per heavy atom. The molecule has 0 atom stereocenters. The number of nitrogens with zero attached hydrogens (tertiary/aromatic N) is 1. The van der Waals surface area contributed by atoms with Gasteiger partial charge in [-0.15, -0.1) is 0 Å². The molecule has 0 aliphatic rings. The summed E-state index contributed by atoms with van der Waals surface area (Å²) in [4.78, 5) is 12.4. The summed E-state index contributed by atoms with van der Waals surface area (Å²) in [5.41, 5.74) is 5.72. The Hall–Kier alpha value is -0.930. The van der Waals surface area contributed by atoms with Gasteiger partial charge in [0.15, 0.2) is 0 Å². The Bertz CT molecular complexity index is 355. The second-order valence-corrected chi connectivity index (χ2v) is 3.44. The summed E-state index contributed by atoms with van der Waals surface area (Å²) in [5, 5.41) is 0.749. The Morgan fingerprint density at radius 3 is 2.64 bits per heavy atom. The van der Waals surface area contributed by atoms with Crippen LogP contribution >= 0.6 is 23.2 Å². The van der Waals surface area contributed by atoms with E-state index in [1.165, 1.54) is 4.90 Å². The molecule has 0 radical (unpaired) electrons. The SMILES string of the molecule is CCN(C(N)=O)c1cccc(Cl)c1Cl. The molecule has 1 rings (SSSR count). The molecule has 1 aromatic carbocycles. The number of anilines is 1. The zero-order valence-electron chi connectivity index (χ0n) is 7.63. The van der Waals surface area contributed by atoms with Crippen molar-refractivity contribution >= 4 is 34.9 Å². The van der Waals surface area contributed by atoms with Crippen molar-refractivity contribution in [2.24, 2.45) is 5.73 Å². The van der Waals surface area contributed by atoms with Crippen molar-refractivity contribution in [2.75, 3.05) is 11.4 Å². The Morgan fingerprint density at radius 2 is 2.14 bits per heavy atom. The van der Waals surface area contributed by atoms with Gasteiger partial charge in [-0.1, -0.05) is 29.3 Å². The van der Waals surface area contributed by atoms with Gasteiger partial charge in [-0.05, 0) is 19.1 Å². The summed E-state index contributed by atoms with van der Waals surface area (Å²) >= 11 is 11.7. The van der Waals surface area contributed by atoms with Crippen molar-refractivity contribution in [3.05, 3.63) is 28.2 Å². The van der Waals surface area contributed by atoms with Crippen LogP contribution in [0.3, 0.4) is 0 Å². The van der Waals surface area contributed by atoms with E-state index in [0.717, 1.165) is 0 Å². The van der Waals surface area contributed by atoms with Crippen LogP contribution in [0.25, 0.3) is 0 Å². The van der Waals surface area contributed by atoms with Crippen molar-refractivity contribution in [3.8, 4) is 0 Å². The zero-order valence-corrected chi connectivity index (χ0v) is 9.14. The first-order valence-electron chi connectivity index (χ1n) is 4.09. The summed E-state index contributed by atoms with van der Waals surface area (Å²) in [6.07, 6.45) is 0. The number of benzene rings is 1. The number of carbonyl (C=O) groups excluding carboxylic acids is 1. The maximum absolute atomic E-state index is 11.0. The van der Waals surface area contributed by atoms with E-state index in [4.69, 9.17) is 28.9 Å². The van der Waals surface area contributed by atoms with Gasteiger partial charge in [0.25, 0.3) is 0 Å². The van der Waals surface area contributed by atoms with Crippen LogP contribution in [-0.4, -0.2) is 12.6 Å². The highest BCUT2D eigenvalue weighted by Crippen LogP contribution is 2.32. The molecule has 2 amide bonds. The van der Waals surface area contributed by atoms with E-state index in [0.29, 0.717) is 22.3 Å². The molecule has 0 saturated heterocycles. The smallest absolute Gasteiger partial charge is 0.319 e. The number of carbonyl (C=O) groups is 1. The predicted octanol–water partition coefficient (Wildman–Crippen LogP) is 2.90. The third kappa shape index (κ3) is 2.11. The molecule has 1 aromatic rings. The first-order valence-corrected chi connectivity index (χ1v) is 4.84. The maximum atomic E-state index is 11.0. The van der Waals surface area contributed by atoms with E-state index in [9.17, 15) is 4.79 Å². The highest BCUT2D eigenvalue weighted by Gasteiger charge is 2.14. The molecular weight excluding hydrogens is 223 g/mol. The van der Waals surface area contributed by atoms with E-state index < -0.39 is 6.03 Å². The van der Waals surface area contributed by atoms with Crippen LogP contribution in [-0.2, 0) is 0 Å². The molecule has 14 heavy (non-hydrogen) atoms. The standard InChI is InChI=1S/C9H10Cl2N2O/c1-2-13(9(12)14)7-5-3-4-6(10)8(7)11/h3-5H,2H2,1H3,(H2,12,14). The van der Waals surface area contributed by atoms with Crippen molar-refractivity contribution in [1.29, 1.82) is 0 Å². The van der Waals surface area contributed by atoms with E-state index in [2.05, 4.69) is 0 Å². The topological polar surface area (TPSA) is 46.3 Å². The number of primary amides is 1. The van der Waals surface area contributed by atoms with E-state index in [-0.39, 0.29) is 0 Å². The molecule has 0 unspecified atom stereocenters. The molecule has 0 heterocycles. The lowest BCUT2D eigenvalue weighted by Gasteiger charge is -2.19. The van der Waals surface area contributed by atoms with Crippen LogP contribution in [0.5, 0.6) is 0 Å². The fraction of sp³-hybridized carbons (Fsp3) is 0.222. The molecule has 3 nitrogen and oxygen atoms in total. The van der Waals surface area contributed by atoms with Crippen molar-refractivity contribution < 1.29 is 4.79 Å². The molecule has 0 aliphatic heterocycles. The third-order valence-corrected chi connectivity index (χ3v) is 2.61. The molecule has 0 saturated carbocycles. The summed E-state index contributed by atoms with van der Waals surface area (Å²) < 4.78 is 0. The summed E-state index contributed by atoms with van der Waals surface area (Å²) in [5.74, 6) is 0. The minimum Gasteiger partial charge on any atom is -0.351 e. The van der Waals surface area contributed by atoms with Crippen LogP contribution in [0.4, 0.5) is 10.5 Å². The number of rotatable bonds is 2. The number of hydrogen-bond acceptors (Lipinski definition) is 1. The number of hydrogen-bond donors (Lipinski definition) is 1. The van der Waals surface area contributed by atoms with Crippen LogP contribution in [0, 0.1) is 0 Å². The van der Waals surface area contributed by atoms with Crippen LogP contribution < -0.4 is 10.6 Å². The number of halogens is 2. The Balaban J connectivity index is 3.16. The summed E-state index contributed by atoms with van der Waals surface area (Å²) in [6.45, 7) is 2.26. The minimum absolute atomic E-state index is 0.342. The van der Waals surface area contributed by atoms with Crippen molar-refractivity contribution in [3.63, 3.8) is 0 Å². The number of amides is 2. The van der Waals surface area contributed by atoms with Crippen LogP contribution in [0.15, 0.2) is 18.2 Å². The molecular formula is C9H10Cl2N2O. The Labute approximate surface area is 92.4 Å². The minimum atomic E-state index is -0.545. The van der Waals surface area contributed by atoms with Gasteiger partial charge in [-0.3, -0.25) is 4.90 Å². The highest BCUT2D eigenvalue weighted by atomic mass is 35.5. The van der Waals surface area contributed by atoms with Gasteiger partial charge in [-0.25, -0.2) is 4.79 Å². The van der Waals surface area contributed by atoms with Crippen molar-refractivity contribution in [2.45, 2.75) is 6.92 Å². The second-order valence-electron chi connectivity index (χ2n) is 2.66. The van der Waals surface area contributed by atoms with Gasteiger partial charge in [0.1, 0.15) is 0 Å². The van der Waals surface area contributed by atoms with E-state index >= 15 is 0 Å². The highest BCUT2D eigenvalue weighted by molar-refractivity contribution is 6.44. The lowest BCUT2D eigenvalue weighted by Crippen LogP contribution is -2.35. The average molecular weight is 233 g/mol. The van der Waals surface area contributed by atoms with Crippen LogP contribution in [0.1, 0.15) is 6.92 Å². The normalized spacial score (nSPS) is 9.93. The van der Waals surface area contributed by atoms with Crippen LogP contribution in [0.2, 0.25) is 10.0 Å². The molecule has 0 fully saturated rings. The molecule has 5 heteroatoms. The van der Waals surface area contributed by atoms with E-state index in [1.807, 2.05) is 6.92 Å². The molecule has 0 bridgehead atoms. The lowest BCUT2D eigenvalue weighted by molar-refractivity contribution is 0.254. The monoisotopic (exact) mass is 232 g/mol.